The van der Waals surface area contributed by atoms with Crippen LogP contribution >= 0.6 is 0 Å². The van der Waals surface area contributed by atoms with E-state index in [4.69, 9.17) is 4.74 Å². The molecule has 1 aromatic carbocycles. The molecule has 0 saturated carbocycles. The standard InChI is InChI=1S/C21H29N3O4/c1-3-28-21(27)23-10-8-18(9-11-23)24-14-17(12-19(24)25)20(26)22-13-16-7-5-4-6-15(16)2/h4-7,17-18H,3,8-14H2,1-2H3,(H,22,26). The maximum atomic E-state index is 12.6. The molecule has 2 aliphatic heterocycles. The van der Waals surface area contributed by atoms with Crippen molar-refractivity contribution in [2.75, 3.05) is 26.2 Å². The van der Waals surface area contributed by atoms with Crippen LogP contribution in [0.1, 0.15) is 37.3 Å². The van der Waals surface area contributed by atoms with Crippen molar-refractivity contribution in [1.82, 2.24) is 15.1 Å². The summed E-state index contributed by atoms with van der Waals surface area (Å²) < 4.78 is 5.04. The van der Waals surface area contributed by atoms with Crippen LogP contribution in [-0.4, -0.2) is 60.0 Å². The fourth-order valence-electron chi connectivity index (χ4n) is 3.97. The first-order valence-corrected chi connectivity index (χ1v) is 10.0. The van der Waals surface area contributed by atoms with Gasteiger partial charge in [-0.15, -0.1) is 0 Å². The van der Waals surface area contributed by atoms with E-state index in [0.29, 0.717) is 32.8 Å². The van der Waals surface area contributed by atoms with Crippen LogP contribution in [0.4, 0.5) is 4.79 Å². The lowest BCUT2D eigenvalue weighted by Crippen LogP contribution is -2.47. The smallest absolute Gasteiger partial charge is 0.409 e. The normalized spacial score (nSPS) is 20.4. The van der Waals surface area contributed by atoms with Crippen LogP contribution in [0, 0.1) is 12.8 Å². The molecule has 3 amide bonds. The lowest BCUT2D eigenvalue weighted by molar-refractivity contribution is -0.131. The van der Waals surface area contributed by atoms with E-state index in [1.54, 1.807) is 11.8 Å². The molecule has 1 N–H and O–H groups in total. The number of ether oxygens (including phenoxy) is 1. The third-order valence-corrected chi connectivity index (χ3v) is 5.67. The Bertz CT molecular complexity index is 728. The van der Waals surface area contributed by atoms with Crippen molar-refractivity contribution in [3.8, 4) is 0 Å². The third-order valence-electron chi connectivity index (χ3n) is 5.67. The van der Waals surface area contributed by atoms with Gasteiger partial charge in [0.1, 0.15) is 0 Å². The predicted molar refractivity (Wildman–Crippen MR) is 104 cm³/mol. The molecule has 2 heterocycles. The van der Waals surface area contributed by atoms with Crippen molar-refractivity contribution in [1.29, 1.82) is 0 Å². The molecule has 1 aromatic rings. The topological polar surface area (TPSA) is 79.0 Å². The first kappa shape index (κ1) is 20.2. The van der Waals surface area contributed by atoms with E-state index < -0.39 is 0 Å². The number of piperidine rings is 1. The number of rotatable bonds is 5. The average molecular weight is 387 g/mol. The summed E-state index contributed by atoms with van der Waals surface area (Å²) in [4.78, 5) is 40.4. The van der Waals surface area contributed by atoms with Crippen molar-refractivity contribution in [2.45, 2.75) is 45.7 Å². The Morgan fingerprint density at radius 3 is 2.61 bits per heavy atom. The Morgan fingerprint density at radius 1 is 1.21 bits per heavy atom. The van der Waals surface area contributed by atoms with Crippen LogP contribution < -0.4 is 5.32 Å². The molecule has 7 heteroatoms. The summed E-state index contributed by atoms with van der Waals surface area (Å²) in [5.74, 6) is -0.340. The summed E-state index contributed by atoms with van der Waals surface area (Å²) in [5, 5.41) is 2.97. The van der Waals surface area contributed by atoms with E-state index in [1.165, 1.54) is 0 Å². The number of carbonyl (C=O) groups excluding carboxylic acids is 3. The zero-order chi connectivity index (χ0) is 20.1. The summed E-state index contributed by atoms with van der Waals surface area (Å²) in [7, 11) is 0. The lowest BCUT2D eigenvalue weighted by atomic mass is 10.0. The van der Waals surface area contributed by atoms with Gasteiger partial charge in [0.25, 0.3) is 0 Å². The van der Waals surface area contributed by atoms with Gasteiger partial charge in [0.15, 0.2) is 0 Å². The van der Waals surface area contributed by atoms with E-state index >= 15 is 0 Å². The van der Waals surface area contributed by atoms with Crippen molar-refractivity contribution in [3.05, 3.63) is 35.4 Å². The monoisotopic (exact) mass is 387 g/mol. The number of benzene rings is 1. The molecule has 3 rings (SSSR count). The van der Waals surface area contributed by atoms with Crippen molar-refractivity contribution >= 4 is 17.9 Å². The van der Waals surface area contributed by atoms with Gasteiger partial charge in [0.05, 0.1) is 12.5 Å². The number of amides is 3. The fraction of sp³-hybridized carbons (Fsp3) is 0.571. The van der Waals surface area contributed by atoms with Gasteiger partial charge in [0, 0.05) is 38.6 Å². The molecule has 0 spiro atoms. The van der Waals surface area contributed by atoms with Crippen LogP contribution in [0.2, 0.25) is 0 Å². The predicted octanol–water partition coefficient (Wildman–Crippen LogP) is 2.08. The second-order valence-corrected chi connectivity index (χ2v) is 7.51. The van der Waals surface area contributed by atoms with Gasteiger partial charge in [-0.05, 0) is 37.8 Å². The van der Waals surface area contributed by atoms with E-state index in [1.807, 2.05) is 36.1 Å². The molecular formula is C21H29N3O4. The Labute approximate surface area is 166 Å². The first-order valence-electron chi connectivity index (χ1n) is 10.0. The number of carbonyl (C=O) groups is 3. The number of nitrogens with zero attached hydrogens (tertiary/aromatic N) is 2. The Balaban J connectivity index is 1.49. The third kappa shape index (κ3) is 4.64. The van der Waals surface area contributed by atoms with E-state index in [9.17, 15) is 14.4 Å². The van der Waals surface area contributed by atoms with Gasteiger partial charge >= 0.3 is 6.09 Å². The van der Waals surface area contributed by atoms with Crippen molar-refractivity contribution in [3.63, 3.8) is 0 Å². The highest BCUT2D eigenvalue weighted by atomic mass is 16.6. The number of hydrogen-bond donors (Lipinski definition) is 1. The van der Waals surface area contributed by atoms with Gasteiger partial charge < -0.3 is 19.9 Å². The Morgan fingerprint density at radius 2 is 1.93 bits per heavy atom. The molecule has 0 aliphatic carbocycles. The molecule has 1 atom stereocenters. The van der Waals surface area contributed by atoms with Crippen LogP contribution in [0.5, 0.6) is 0 Å². The van der Waals surface area contributed by atoms with E-state index in [2.05, 4.69) is 5.32 Å². The SMILES string of the molecule is CCOC(=O)N1CCC(N2CC(C(=O)NCc3ccccc3C)CC2=O)CC1. The summed E-state index contributed by atoms with van der Waals surface area (Å²) in [6.45, 7) is 6.27. The van der Waals surface area contributed by atoms with Crippen LogP contribution in [0.3, 0.4) is 0 Å². The number of hydrogen-bond acceptors (Lipinski definition) is 4. The summed E-state index contributed by atoms with van der Waals surface area (Å²) in [6.07, 6.45) is 1.42. The highest BCUT2D eigenvalue weighted by Gasteiger charge is 2.39. The Hall–Kier alpha value is -2.57. The summed E-state index contributed by atoms with van der Waals surface area (Å²) in [5.41, 5.74) is 2.23. The summed E-state index contributed by atoms with van der Waals surface area (Å²) >= 11 is 0. The molecule has 1 unspecified atom stereocenters. The minimum Gasteiger partial charge on any atom is -0.450 e. The van der Waals surface area contributed by atoms with Crippen LogP contribution in [0.15, 0.2) is 24.3 Å². The minimum atomic E-state index is -0.306. The average Bonchev–Trinajstić information content (AvgIpc) is 3.09. The zero-order valence-electron chi connectivity index (χ0n) is 16.6. The number of nitrogens with one attached hydrogen (secondary N) is 1. The van der Waals surface area contributed by atoms with Gasteiger partial charge in [-0.2, -0.15) is 0 Å². The molecule has 0 aromatic heterocycles. The van der Waals surface area contributed by atoms with Crippen LogP contribution in [-0.2, 0) is 20.9 Å². The van der Waals surface area contributed by atoms with Gasteiger partial charge in [0.2, 0.25) is 11.8 Å². The van der Waals surface area contributed by atoms with Crippen molar-refractivity contribution < 1.29 is 19.1 Å². The zero-order valence-corrected chi connectivity index (χ0v) is 16.6. The molecule has 0 bridgehead atoms. The highest BCUT2D eigenvalue weighted by molar-refractivity contribution is 5.89. The van der Waals surface area contributed by atoms with E-state index in [-0.39, 0.29) is 36.3 Å². The number of likely N-dealkylation sites (tertiary alicyclic amines) is 2. The largest absolute Gasteiger partial charge is 0.450 e. The second kappa shape index (κ2) is 9.08. The van der Waals surface area contributed by atoms with Crippen molar-refractivity contribution in [2.24, 2.45) is 5.92 Å². The molecule has 0 radical (unpaired) electrons. The number of aryl methyl sites for hydroxylation is 1. The summed E-state index contributed by atoms with van der Waals surface area (Å²) in [6, 6.07) is 8.04. The molecule has 28 heavy (non-hydrogen) atoms. The lowest BCUT2D eigenvalue weighted by Gasteiger charge is -2.36. The van der Waals surface area contributed by atoms with Gasteiger partial charge in [-0.1, -0.05) is 24.3 Å². The van der Waals surface area contributed by atoms with Gasteiger partial charge in [-0.3, -0.25) is 9.59 Å². The highest BCUT2D eigenvalue weighted by Crippen LogP contribution is 2.26. The van der Waals surface area contributed by atoms with E-state index in [0.717, 1.165) is 24.0 Å². The first-order chi connectivity index (χ1) is 13.5. The molecular weight excluding hydrogens is 358 g/mol. The molecule has 2 saturated heterocycles. The molecule has 2 aliphatic rings. The van der Waals surface area contributed by atoms with Gasteiger partial charge in [-0.25, -0.2) is 4.79 Å². The maximum absolute atomic E-state index is 12.6. The Kier molecular flexibility index (Phi) is 6.54. The maximum Gasteiger partial charge on any atom is 0.409 e. The molecule has 7 nitrogen and oxygen atoms in total. The van der Waals surface area contributed by atoms with Crippen LogP contribution in [0.25, 0.3) is 0 Å². The quantitative estimate of drug-likeness (QED) is 0.839. The minimum absolute atomic E-state index is 0.0330. The molecule has 152 valence electrons. The fourth-order valence-corrected chi connectivity index (χ4v) is 3.97. The molecule has 2 fully saturated rings. The second-order valence-electron chi connectivity index (χ2n) is 7.51.